The normalized spacial score (nSPS) is 17.2. The summed E-state index contributed by atoms with van der Waals surface area (Å²) in [6.45, 7) is 2.47. The van der Waals surface area contributed by atoms with Gasteiger partial charge in [-0.1, -0.05) is 48.0 Å². The summed E-state index contributed by atoms with van der Waals surface area (Å²) in [4.78, 5) is 2.51. The SMILES string of the molecule is Cc1ccc(S(=O)(=O)NN=C2CC(OCc3ccccc3)C2)cc1. The standard InChI is InChI=1S/C18H20N2O3S/c1-14-7-9-18(10-8-14)24(21,22)20-19-16-11-17(12-16)23-13-15-5-3-2-4-6-15/h2-10,17,20H,11-13H2,1H3. The number of nitrogens with zero attached hydrogens (tertiary/aromatic N) is 1. The molecule has 6 heteroatoms. The molecule has 2 aromatic carbocycles. The molecule has 2 aromatic rings. The monoisotopic (exact) mass is 344 g/mol. The molecule has 1 N–H and O–H groups in total. The van der Waals surface area contributed by atoms with Crippen LogP contribution in [-0.2, 0) is 21.4 Å². The Kier molecular flexibility index (Phi) is 4.97. The van der Waals surface area contributed by atoms with Crippen LogP contribution < -0.4 is 4.83 Å². The highest BCUT2D eigenvalue weighted by molar-refractivity contribution is 7.89. The van der Waals surface area contributed by atoms with E-state index in [1.165, 1.54) is 0 Å². The van der Waals surface area contributed by atoms with Crippen LogP contribution in [0.2, 0.25) is 0 Å². The van der Waals surface area contributed by atoms with Crippen LogP contribution in [0, 0.1) is 6.92 Å². The summed E-state index contributed by atoms with van der Waals surface area (Å²) >= 11 is 0. The van der Waals surface area contributed by atoms with E-state index in [9.17, 15) is 8.42 Å². The van der Waals surface area contributed by atoms with Crippen molar-refractivity contribution in [2.24, 2.45) is 5.10 Å². The van der Waals surface area contributed by atoms with Gasteiger partial charge < -0.3 is 4.74 Å². The first-order valence-electron chi connectivity index (χ1n) is 7.82. The minimum atomic E-state index is -3.60. The fourth-order valence-electron chi connectivity index (χ4n) is 2.36. The van der Waals surface area contributed by atoms with Crippen LogP contribution in [0.1, 0.15) is 24.0 Å². The molecular formula is C18H20N2O3S. The number of rotatable bonds is 6. The van der Waals surface area contributed by atoms with Crippen molar-refractivity contribution in [1.29, 1.82) is 0 Å². The van der Waals surface area contributed by atoms with E-state index in [-0.39, 0.29) is 11.0 Å². The van der Waals surface area contributed by atoms with Gasteiger partial charge in [0.1, 0.15) is 0 Å². The summed E-state index contributed by atoms with van der Waals surface area (Å²) in [5, 5.41) is 4.00. The van der Waals surface area contributed by atoms with Crippen molar-refractivity contribution in [1.82, 2.24) is 4.83 Å². The molecule has 0 aromatic heterocycles. The third-order valence-corrected chi connectivity index (χ3v) is 5.13. The van der Waals surface area contributed by atoms with E-state index < -0.39 is 10.0 Å². The number of hydrazone groups is 1. The van der Waals surface area contributed by atoms with Crippen LogP contribution in [0.5, 0.6) is 0 Å². The smallest absolute Gasteiger partial charge is 0.276 e. The van der Waals surface area contributed by atoms with Gasteiger partial charge in [0, 0.05) is 18.6 Å². The van der Waals surface area contributed by atoms with Crippen LogP contribution in [0.4, 0.5) is 0 Å². The van der Waals surface area contributed by atoms with Gasteiger partial charge >= 0.3 is 0 Å². The Morgan fingerprint density at radius 2 is 1.75 bits per heavy atom. The van der Waals surface area contributed by atoms with Crippen molar-refractivity contribution in [2.45, 2.75) is 37.4 Å². The molecule has 0 bridgehead atoms. The largest absolute Gasteiger partial charge is 0.373 e. The molecule has 0 radical (unpaired) electrons. The second-order valence-electron chi connectivity index (χ2n) is 5.91. The predicted octanol–water partition coefficient (Wildman–Crippen LogP) is 3.01. The van der Waals surface area contributed by atoms with Gasteiger partial charge in [-0.15, -0.1) is 0 Å². The van der Waals surface area contributed by atoms with E-state index in [0.717, 1.165) is 16.8 Å². The molecular weight excluding hydrogens is 324 g/mol. The molecule has 1 saturated carbocycles. The topological polar surface area (TPSA) is 67.8 Å². The van der Waals surface area contributed by atoms with Crippen LogP contribution >= 0.6 is 0 Å². The second-order valence-corrected chi connectivity index (χ2v) is 7.57. The van der Waals surface area contributed by atoms with Gasteiger partial charge in [-0.3, -0.25) is 0 Å². The maximum absolute atomic E-state index is 12.1. The lowest BCUT2D eigenvalue weighted by molar-refractivity contribution is 0.0341. The lowest BCUT2D eigenvalue weighted by Crippen LogP contribution is -2.34. The lowest BCUT2D eigenvalue weighted by Gasteiger charge is -2.27. The van der Waals surface area contributed by atoms with Crippen LogP contribution in [0.25, 0.3) is 0 Å². The van der Waals surface area contributed by atoms with Crippen molar-refractivity contribution in [2.75, 3.05) is 0 Å². The molecule has 0 unspecified atom stereocenters. The molecule has 0 spiro atoms. The fraction of sp³-hybridized carbons (Fsp3) is 0.278. The van der Waals surface area contributed by atoms with Crippen molar-refractivity contribution in [3.63, 3.8) is 0 Å². The first-order valence-corrected chi connectivity index (χ1v) is 9.31. The Balaban J connectivity index is 1.48. The average molecular weight is 344 g/mol. The van der Waals surface area contributed by atoms with E-state index in [0.29, 0.717) is 19.4 Å². The summed E-state index contributed by atoms with van der Waals surface area (Å²) < 4.78 is 30.0. The van der Waals surface area contributed by atoms with Gasteiger partial charge in [-0.2, -0.15) is 13.5 Å². The van der Waals surface area contributed by atoms with Crippen molar-refractivity contribution < 1.29 is 13.2 Å². The lowest BCUT2D eigenvalue weighted by atomic mass is 9.93. The predicted molar refractivity (Wildman–Crippen MR) is 93.2 cm³/mol. The van der Waals surface area contributed by atoms with Crippen molar-refractivity contribution in [3.05, 3.63) is 65.7 Å². The van der Waals surface area contributed by atoms with E-state index in [2.05, 4.69) is 9.93 Å². The molecule has 126 valence electrons. The van der Waals surface area contributed by atoms with E-state index in [1.807, 2.05) is 37.3 Å². The summed E-state index contributed by atoms with van der Waals surface area (Å²) in [7, 11) is -3.60. The van der Waals surface area contributed by atoms with E-state index >= 15 is 0 Å². The Hall–Kier alpha value is -2.18. The van der Waals surface area contributed by atoms with Gasteiger partial charge in [-0.25, -0.2) is 4.83 Å². The number of aryl methyl sites for hydroxylation is 1. The Labute approximate surface area is 142 Å². The number of ether oxygens (including phenoxy) is 1. The molecule has 0 saturated heterocycles. The van der Waals surface area contributed by atoms with Gasteiger partial charge in [0.25, 0.3) is 10.0 Å². The molecule has 0 heterocycles. The first kappa shape index (κ1) is 16.7. The summed E-state index contributed by atoms with van der Waals surface area (Å²) in [5.41, 5.74) is 2.95. The maximum Gasteiger partial charge on any atom is 0.276 e. The third-order valence-electron chi connectivity index (χ3n) is 3.91. The summed E-state index contributed by atoms with van der Waals surface area (Å²) in [6.07, 6.45) is 1.42. The van der Waals surface area contributed by atoms with Gasteiger partial charge in [0.15, 0.2) is 0 Å². The Morgan fingerprint density at radius 1 is 1.08 bits per heavy atom. The average Bonchev–Trinajstić information content (AvgIpc) is 2.54. The van der Waals surface area contributed by atoms with Gasteiger partial charge in [0.2, 0.25) is 0 Å². The molecule has 0 aliphatic heterocycles. The Morgan fingerprint density at radius 3 is 2.42 bits per heavy atom. The zero-order valence-corrected chi connectivity index (χ0v) is 14.3. The zero-order valence-electron chi connectivity index (χ0n) is 13.5. The van der Waals surface area contributed by atoms with Gasteiger partial charge in [-0.05, 0) is 24.6 Å². The highest BCUT2D eigenvalue weighted by atomic mass is 32.2. The molecule has 1 fully saturated rings. The molecule has 0 amide bonds. The van der Waals surface area contributed by atoms with Crippen molar-refractivity contribution >= 4 is 15.7 Å². The fourth-order valence-corrected chi connectivity index (χ4v) is 3.21. The first-order chi connectivity index (χ1) is 11.5. The van der Waals surface area contributed by atoms with Crippen molar-refractivity contribution in [3.8, 4) is 0 Å². The number of benzene rings is 2. The molecule has 1 aliphatic carbocycles. The quantitative estimate of drug-likeness (QED) is 0.819. The molecule has 24 heavy (non-hydrogen) atoms. The number of sulfonamides is 1. The summed E-state index contributed by atoms with van der Waals surface area (Å²) in [5.74, 6) is 0. The van der Waals surface area contributed by atoms with Crippen LogP contribution in [0.15, 0.2) is 64.6 Å². The number of hydrogen-bond acceptors (Lipinski definition) is 4. The maximum atomic E-state index is 12.1. The molecule has 5 nitrogen and oxygen atoms in total. The van der Waals surface area contributed by atoms with Crippen LogP contribution in [-0.4, -0.2) is 20.2 Å². The Bertz CT molecular complexity index is 807. The highest BCUT2D eigenvalue weighted by Gasteiger charge is 2.26. The second kappa shape index (κ2) is 7.15. The molecule has 3 rings (SSSR count). The molecule has 0 atom stereocenters. The van der Waals surface area contributed by atoms with E-state index in [4.69, 9.17) is 4.74 Å². The minimum Gasteiger partial charge on any atom is -0.373 e. The van der Waals surface area contributed by atoms with Crippen LogP contribution in [0.3, 0.4) is 0 Å². The summed E-state index contributed by atoms with van der Waals surface area (Å²) in [6, 6.07) is 16.6. The molecule has 1 aliphatic rings. The highest BCUT2D eigenvalue weighted by Crippen LogP contribution is 2.21. The third kappa shape index (κ3) is 4.21. The number of nitrogens with one attached hydrogen (secondary N) is 1. The minimum absolute atomic E-state index is 0.104. The zero-order chi connectivity index (χ0) is 17.0. The number of hydrogen-bond donors (Lipinski definition) is 1. The van der Waals surface area contributed by atoms with Gasteiger partial charge in [0.05, 0.1) is 17.6 Å². The van der Waals surface area contributed by atoms with E-state index in [1.54, 1.807) is 24.3 Å².